The molecule has 0 bridgehead atoms. The largest absolute Gasteiger partial charge is 0.465 e. The third-order valence-electron chi connectivity index (χ3n) is 6.25. The van der Waals surface area contributed by atoms with Crippen molar-refractivity contribution in [1.29, 1.82) is 0 Å². The summed E-state index contributed by atoms with van der Waals surface area (Å²) < 4.78 is 38.4. The molecule has 0 radical (unpaired) electrons. The lowest BCUT2D eigenvalue weighted by Crippen LogP contribution is -2.45. The van der Waals surface area contributed by atoms with Crippen LogP contribution in [0, 0.1) is 18.6 Å². The van der Waals surface area contributed by atoms with Gasteiger partial charge in [-0.25, -0.2) is 23.4 Å². The normalized spacial score (nSPS) is 17.9. The number of aryl methyl sites for hydroxylation is 1. The summed E-state index contributed by atoms with van der Waals surface area (Å²) in [5, 5.41) is 9.36. The fourth-order valence-corrected chi connectivity index (χ4v) is 4.56. The summed E-state index contributed by atoms with van der Waals surface area (Å²) in [6, 6.07) is 6.01. The van der Waals surface area contributed by atoms with E-state index in [1.807, 2.05) is 13.0 Å². The SMILES string of the molecule is Cc1ccn2c(C[C@H]3CN(C(=O)O)CCO3)c(-c3c(F)cc(N4CC=CC4=C=O)cc3F)nc2c1. The molecule has 1 amide bonds. The van der Waals surface area contributed by atoms with Crippen molar-refractivity contribution in [3.63, 3.8) is 0 Å². The zero-order valence-corrected chi connectivity index (χ0v) is 18.9. The Balaban J connectivity index is 1.59. The highest BCUT2D eigenvalue weighted by Crippen LogP contribution is 2.35. The number of anilines is 1. The van der Waals surface area contributed by atoms with Crippen molar-refractivity contribution in [1.82, 2.24) is 14.3 Å². The van der Waals surface area contributed by atoms with Gasteiger partial charge in [0.05, 0.1) is 36.2 Å². The molecule has 8 nitrogen and oxygen atoms in total. The van der Waals surface area contributed by atoms with Gasteiger partial charge >= 0.3 is 6.09 Å². The maximum Gasteiger partial charge on any atom is 0.407 e. The number of allylic oxidation sites excluding steroid dienone is 1. The van der Waals surface area contributed by atoms with Gasteiger partial charge in [-0.1, -0.05) is 6.08 Å². The molecule has 0 spiro atoms. The number of carbonyl (C=O) groups is 1. The molecule has 4 heterocycles. The van der Waals surface area contributed by atoms with E-state index in [-0.39, 0.29) is 48.8 Å². The van der Waals surface area contributed by atoms with E-state index in [0.29, 0.717) is 17.9 Å². The standard InChI is InChI=1S/C25H22F2N4O4/c1-15-4-6-31-21(12-18-13-29(25(33)34)7-8-35-18)24(28-22(31)9-15)23-19(26)10-17(11-20(23)27)30-5-2-3-16(30)14-32/h2-4,6,9-11,18H,5,7-8,12-13H2,1H3,(H,33,34)/t18-/m0/s1. The molecule has 2 aliphatic heterocycles. The Labute approximate surface area is 199 Å². The van der Waals surface area contributed by atoms with Crippen LogP contribution in [0.3, 0.4) is 0 Å². The number of ether oxygens (including phenoxy) is 1. The smallest absolute Gasteiger partial charge is 0.407 e. The van der Waals surface area contributed by atoms with Crippen LogP contribution in [0.4, 0.5) is 19.3 Å². The number of pyridine rings is 1. The Bertz CT molecular complexity index is 1390. The lowest BCUT2D eigenvalue weighted by atomic mass is 10.0. The van der Waals surface area contributed by atoms with Gasteiger partial charge in [0.15, 0.2) is 5.94 Å². The zero-order chi connectivity index (χ0) is 24.7. The second-order valence-electron chi connectivity index (χ2n) is 8.55. The first-order chi connectivity index (χ1) is 16.9. The number of halogens is 2. The molecule has 1 N–H and O–H groups in total. The number of hydrogen-bond donors (Lipinski definition) is 1. The number of rotatable bonds is 4. The van der Waals surface area contributed by atoms with Gasteiger partial charge in [-0.15, -0.1) is 0 Å². The van der Waals surface area contributed by atoms with Crippen LogP contribution in [0.5, 0.6) is 0 Å². The molecule has 10 heteroatoms. The maximum absolute atomic E-state index is 15.5. The first kappa shape index (κ1) is 22.8. The minimum absolute atomic E-state index is 0.124. The van der Waals surface area contributed by atoms with Crippen molar-refractivity contribution in [3.05, 3.63) is 71.2 Å². The number of nitrogens with zero attached hydrogens (tertiary/aromatic N) is 4. The topological polar surface area (TPSA) is 87.4 Å². The summed E-state index contributed by atoms with van der Waals surface area (Å²) in [4.78, 5) is 29.9. The molecule has 35 heavy (non-hydrogen) atoms. The van der Waals surface area contributed by atoms with Crippen LogP contribution < -0.4 is 4.90 Å². The quantitative estimate of drug-likeness (QED) is 0.575. The Morgan fingerprint density at radius 2 is 2.06 bits per heavy atom. The number of carboxylic acid groups (broad SMARTS) is 1. The highest BCUT2D eigenvalue weighted by atomic mass is 19.1. The highest BCUT2D eigenvalue weighted by Gasteiger charge is 2.29. The molecular formula is C25H22F2N4O4. The number of morpholine rings is 1. The van der Waals surface area contributed by atoms with Gasteiger partial charge in [0, 0.05) is 31.4 Å². The molecule has 1 atom stereocenters. The number of amides is 1. The van der Waals surface area contributed by atoms with Gasteiger partial charge in [-0.2, -0.15) is 0 Å². The van der Waals surface area contributed by atoms with Crippen molar-refractivity contribution in [2.24, 2.45) is 0 Å². The van der Waals surface area contributed by atoms with Crippen LogP contribution >= 0.6 is 0 Å². The second kappa shape index (κ2) is 8.98. The Morgan fingerprint density at radius 3 is 2.77 bits per heavy atom. The summed E-state index contributed by atoms with van der Waals surface area (Å²) in [7, 11) is 0. The third-order valence-corrected chi connectivity index (χ3v) is 6.25. The van der Waals surface area contributed by atoms with Gasteiger partial charge in [0.25, 0.3) is 0 Å². The lowest BCUT2D eigenvalue weighted by Gasteiger charge is -2.31. The predicted molar refractivity (Wildman–Crippen MR) is 124 cm³/mol. The van der Waals surface area contributed by atoms with E-state index in [1.165, 1.54) is 21.9 Å². The molecule has 5 rings (SSSR count). The molecule has 1 saturated heterocycles. The van der Waals surface area contributed by atoms with Crippen molar-refractivity contribution in [3.8, 4) is 11.3 Å². The Hall–Kier alpha value is -4.01. The van der Waals surface area contributed by atoms with E-state index in [0.717, 1.165) is 5.56 Å². The average molecular weight is 480 g/mol. The Kier molecular flexibility index (Phi) is 5.84. The van der Waals surface area contributed by atoms with E-state index in [9.17, 15) is 14.7 Å². The van der Waals surface area contributed by atoms with Gasteiger partial charge in [0.2, 0.25) is 0 Å². The first-order valence-corrected chi connectivity index (χ1v) is 11.1. The summed E-state index contributed by atoms with van der Waals surface area (Å²) >= 11 is 0. The summed E-state index contributed by atoms with van der Waals surface area (Å²) in [5.74, 6) is 0.125. The number of carbonyl (C=O) groups excluding carboxylic acids is 1. The summed E-state index contributed by atoms with van der Waals surface area (Å²) in [6.45, 7) is 2.83. The van der Waals surface area contributed by atoms with Crippen LogP contribution in [0.25, 0.3) is 16.9 Å². The maximum atomic E-state index is 15.5. The fourth-order valence-electron chi connectivity index (χ4n) is 4.56. The zero-order valence-electron chi connectivity index (χ0n) is 18.9. The van der Waals surface area contributed by atoms with Crippen LogP contribution in [-0.4, -0.2) is 63.8 Å². The number of fused-ring (bicyclic) bond motifs is 1. The van der Waals surface area contributed by atoms with Gasteiger partial charge in [-0.05, 0) is 42.8 Å². The molecule has 0 aliphatic carbocycles. The molecule has 2 aliphatic rings. The number of imidazole rings is 1. The molecule has 0 saturated carbocycles. The molecule has 3 aromatic rings. The van der Waals surface area contributed by atoms with Crippen LogP contribution in [-0.2, 0) is 16.0 Å². The highest BCUT2D eigenvalue weighted by molar-refractivity contribution is 5.75. The second-order valence-corrected chi connectivity index (χ2v) is 8.55. The van der Waals surface area contributed by atoms with Gasteiger partial charge in [0.1, 0.15) is 23.0 Å². The van der Waals surface area contributed by atoms with Gasteiger partial charge < -0.3 is 24.0 Å². The molecule has 180 valence electrons. The fraction of sp³-hybridized carbons (Fsp3) is 0.280. The van der Waals surface area contributed by atoms with Crippen LogP contribution in [0.1, 0.15) is 11.3 Å². The van der Waals surface area contributed by atoms with Crippen molar-refractivity contribution in [2.75, 3.05) is 31.1 Å². The average Bonchev–Trinajstić information content (AvgIpc) is 3.43. The van der Waals surface area contributed by atoms with E-state index in [1.54, 1.807) is 34.8 Å². The monoisotopic (exact) mass is 480 g/mol. The molecule has 1 fully saturated rings. The summed E-state index contributed by atoms with van der Waals surface area (Å²) in [6.07, 6.45) is 3.69. The minimum atomic E-state index is -1.04. The van der Waals surface area contributed by atoms with Crippen molar-refractivity contribution < 1.29 is 28.2 Å². The van der Waals surface area contributed by atoms with E-state index >= 15 is 8.78 Å². The number of benzene rings is 1. The predicted octanol–water partition coefficient (Wildman–Crippen LogP) is 3.60. The molecule has 1 aromatic carbocycles. The van der Waals surface area contributed by atoms with Crippen molar-refractivity contribution in [2.45, 2.75) is 19.4 Å². The van der Waals surface area contributed by atoms with Crippen LogP contribution in [0.15, 0.2) is 48.3 Å². The van der Waals surface area contributed by atoms with E-state index in [4.69, 9.17) is 4.74 Å². The van der Waals surface area contributed by atoms with E-state index in [2.05, 4.69) is 4.98 Å². The summed E-state index contributed by atoms with van der Waals surface area (Å²) in [5.41, 5.74) is 2.17. The molecule has 2 aromatic heterocycles. The number of aromatic nitrogens is 2. The number of hydrogen-bond acceptors (Lipinski definition) is 5. The van der Waals surface area contributed by atoms with Gasteiger partial charge in [-0.3, -0.25) is 0 Å². The third kappa shape index (κ3) is 4.18. The molecular weight excluding hydrogens is 458 g/mol. The minimum Gasteiger partial charge on any atom is -0.465 e. The Morgan fingerprint density at radius 1 is 1.29 bits per heavy atom. The van der Waals surface area contributed by atoms with E-state index < -0.39 is 23.8 Å². The van der Waals surface area contributed by atoms with Crippen LogP contribution in [0.2, 0.25) is 0 Å². The lowest BCUT2D eigenvalue weighted by molar-refractivity contribution is -0.0214. The first-order valence-electron chi connectivity index (χ1n) is 11.1. The van der Waals surface area contributed by atoms with Crippen molar-refractivity contribution >= 4 is 23.4 Å². The molecule has 0 unspecified atom stereocenters.